The summed E-state index contributed by atoms with van der Waals surface area (Å²) in [5.74, 6) is -0.244. The predicted octanol–water partition coefficient (Wildman–Crippen LogP) is -0.0665. The van der Waals surface area contributed by atoms with Gasteiger partial charge in [0.15, 0.2) is 0 Å². The third kappa shape index (κ3) is 3.35. The number of ether oxygens (including phenoxy) is 2. The van der Waals surface area contributed by atoms with E-state index in [9.17, 15) is 9.90 Å². The van der Waals surface area contributed by atoms with Crippen LogP contribution in [0.3, 0.4) is 0 Å². The lowest BCUT2D eigenvalue weighted by molar-refractivity contribution is -0.130. The van der Waals surface area contributed by atoms with Crippen molar-refractivity contribution in [3.05, 3.63) is 11.8 Å². The summed E-state index contributed by atoms with van der Waals surface area (Å²) < 4.78 is 9.78. The van der Waals surface area contributed by atoms with Gasteiger partial charge in [-0.15, -0.1) is 0 Å². The normalized spacial score (nSPS) is 18.4. The lowest BCUT2D eigenvalue weighted by atomic mass is 10.3. The number of hydrogen-bond acceptors (Lipinski definition) is 4. The highest BCUT2D eigenvalue weighted by atomic mass is 16.5. The highest BCUT2D eigenvalue weighted by Crippen LogP contribution is 2.00. The van der Waals surface area contributed by atoms with Crippen molar-refractivity contribution in [3.8, 4) is 0 Å². The molecule has 80 valence electrons. The monoisotopic (exact) mass is 201 g/mol. The Morgan fingerprint density at radius 3 is 2.79 bits per heavy atom. The number of nitrogens with zero attached hydrogens (tertiary/aromatic N) is 1. The summed E-state index contributed by atoms with van der Waals surface area (Å²) in [5.41, 5.74) is 0. The van der Waals surface area contributed by atoms with Crippen molar-refractivity contribution in [1.29, 1.82) is 0 Å². The fourth-order valence-corrected chi connectivity index (χ4v) is 1.21. The Kier molecular flexibility index (Phi) is 4.42. The minimum Gasteiger partial charge on any atom is -0.510 e. The molecule has 1 N–H and O–H groups in total. The number of carbonyl (C=O) groups excluding carboxylic acids is 1. The average molecular weight is 201 g/mol. The standard InChI is InChI=1S/C9H15NO4/c1-13-7-8(11)6-9(12)10-2-4-14-5-3-10/h6,11H,2-5,7H2,1H3/b8-6-. The van der Waals surface area contributed by atoms with E-state index in [4.69, 9.17) is 4.74 Å². The molecule has 0 aromatic carbocycles. The molecular weight excluding hydrogens is 186 g/mol. The Balaban J connectivity index is 2.43. The van der Waals surface area contributed by atoms with Gasteiger partial charge in [0.2, 0.25) is 5.91 Å². The van der Waals surface area contributed by atoms with Crippen molar-refractivity contribution >= 4 is 5.91 Å². The smallest absolute Gasteiger partial charge is 0.250 e. The summed E-state index contributed by atoms with van der Waals surface area (Å²) in [6.07, 6.45) is 1.19. The first kappa shape index (κ1) is 11.0. The molecule has 5 nitrogen and oxygen atoms in total. The van der Waals surface area contributed by atoms with Crippen LogP contribution in [0, 0.1) is 0 Å². The fourth-order valence-electron chi connectivity index (χ4n) is 1.21. The summed E-state index contributed by atoms with van der Waals surface area (Å²) >= 11 is 0. The Morgan fingerprint density at radius 2 is 2.21 bits per heavy atom. The summed E-state index contributed by atoms with van der Waals surface area (Å²) in [5, 5.41) is 9.21. The largest absolute Gasteiger partial charge is 0.510 e. The minimum absolute atomic E-state index is 0.0519. The number of rotatable bonds is 3. The average Bonchev–Trinajstić information content (AvgIpc) is 2.19. The molecule has 1 aliphatic heterocycles. The molecule has 0 unspecified atom stereocenters. The van der Waals surface area contributed by atoms with E-state index in [2.05, 4.69) is 4.74 Å². The fraction of sp³-hybridized carbons (Fsp3) is 0.667. The number of carbonyl (C=O) groups is 1. The first-order valence-electron chi connectivity index (χ1n) is 4.49. The van der Waals surface area contributed by atoms with Gasteiger partial charge in [-0.1, -0.05) is 0 Å². The number of aliphatic hydroxyl groups is 1. The Morgan fingerprint density at radius 1 is 1.57 bits per heavy atom. The molecule has 1 heterocycles. The van der Waals surface area contributed by atoms with Crippen LogP contribution in [0.25, 0.3) is 0 Å². The number of amides is 1. The van der Waals surface area contributed by atoms with Crippen molar-refractivity contribution in [1.82, 2.24) is 4.90 Å². The van der Waals surface area contributed by atoms with Gasteiger partial charge in [-0.2, -0.15) is 0 Å². The first-order valence-corrected chi connectivity index (χ1v) is 4.49. The van der Waals surface area contributed by atoms with Gasteiger partial charge in [-0.3, -0.25) is 4.79 Å². The molecule has 0 aromatic rings. The van der Waals surface area contributed by atoms with Gasteiger partial charge in [0.05, 0.1) is 13.2 Å². The Bertz CT molecular complexity index is 221. The van der Waals surface area contributed by atoms with E-state index in [1.807, 2.05) is 0 Å². The second-order valence-electron chi connectivity index (χ2n) is 3.01. The maximum atomic E-state index is 11.5. The van der Waals surface area contributed by atoms with E-state index in [1.54, 1.807) is 4.90 Å². The first-order chi connectivity index (χ1) is 6.74. The summed E-state index contributed by atoms with van der Waals surface area (Å²) in [6, 6.07) is 0. The molecule has 0 aliphatic carbocycles. The van der Waals surface area contributed by atoms with Crippen LogP contribution in [0.4, 0.5) is 0 Å². The lowest BCUT2D eigenvalue weighted by Crippen LogP contribution is -2.40. The van der Waals surface area contributed by atoms with E-state index < -0.39 is 0 Å². The second-order valence-corrected chi connectivity index (χ2v) is 3.01. The summed E-state index contributed by atoms with van der Waals surface area (Å²) in [6.45, 7) is 2.34. The third-order valence-corrected chi connectivity index (χ3v) is 1.91. The highest BCUT2D eigenvalue weighted by molar-refractivity contribution is 5.88. The molecule has 0 saturated carbocycles. The van der Waals surface area contributed by atoms with Gasteiger partial charge in [-0.25, -0.2) is 0 Å². The number of methoxy groups -OCH3 is 1. The van der Waals surface area contributed by atoms with Crippen LogP contribution in [0.15, 0.2) is 11.8 Å². The van der Waals surface area contributed by atoms with Gasteiger partial charge in [0.25, 0.3) is 0 Å². The van der Waals surface area contributed by atoms with E-state index in [-0.39, 0.29) is 18.3 Å². The number of morpholine rings is 1. The SMILES string of the molecule is COC/C(O)=C/C(=O)N1CCOCC1. The zero-order valence-electron chi connectivity index (χ0n) is 8.23. The highest BCUT2D eigenvalue weighted by Gasteiger charge is 2.15. The molecule has 1 aliphatic rings. The third-order valence-electron chi connectivity index (χ3n) is 1.91. The van der Waals surface area contributed by atoms with Crippen molar-refractivity contribution < 1.29 is 19.4 Å². The maximum Gasteiger partial charge on any atom is 0.250 e. The van der Waals surface area contributed by atoms with E-state index in [1.165, 1.54) is 13.2 Å². The molecule has 0 bridgehead atoms. The predicted molar refractivity (Wildman–Crippen MR) is 50.0 cm³/mol. The van der Waals surface area contributed by atoms with E-state index in [0.29, 0.717) is 26.3 Å². The molecule has 5 heteroatoms. The van der Waals surface area contributed by atoms with Crippen molar-refractivity contribution in [2.24, 2.45) is 0 Å². The molecule has 1 saturated heterocycles. The summed E-state index contributed by atoms with van der Waals surface area (Å²) in [4.78, 5) is 13.1. The second kappa shape index (κ2) is 5.62. The molecule has 1 rings (SSSR count). The Labute approximate surface area is 82.9 Å². The summed E-state index contributed by atoms with van der Waals surface area (Å²) in [7, 11) is 1.46. The van der Waals surface area contributed by atoms with Crippen LogP contribution in [-0.4, -0.2) is 55.9 Å². The molecule has 0 radical (unpaired) electrons. The molecule has 0 atom stereocenters. The topological polar surface area (TPSA) is 59.0 Å². The molecule has 1 fully saturated rings. The van der Waals surface area contributed by atoms with Crippen LogP contribution >= 0.6 is 0 Å². The maximum absolute atomic E-state index is 11.5. The molecule has 0 aromatic heterocycles. The van der Waals surface area contributed by atoms with Gasteiger partial charge in [0, 0.05) is 26.3 Å². The minimum atomic E-state index is -0.192. The van der Waals surface area contributed by atoms with Crippen LogP contribution < -0.4 is 0 Å². The van der Waals surface area contributed by atoms with Gasteiger partial charge in [-0.05, 0) is 0 Å². The van der Waals surface area contributed by atoms with Crippen LogP contribution in [-0.2, 0) is 14.3 Å². The lowest BCUT2D eigenvalue weighted by Gasteiger charge is -2.25. The van der Waals surface area contributed by atoms with Crippen LogP contribution in [0.5, 0.6) is 0 Å². The zero-order valence-corrected chi connectivity index (χ0v) is 8.23. The van der Waals surface area contributed by atoms with E-state index >= 15 is 0 Å². The Hall–Kier alpha value is -1.07. The van der Waals surface area contributed by atoms with Crippen molar-refractivity contribution in [2.75, 3.05) is 40.0 Å². The van der Waals surface area contributed by atoms with Gasteiger partial charge >= 0.3 is 0 Å². The quantitative estimate of drug-likeness (QED) is 0.513. The molecule has 0 spiro atoms. The van der Waals surface area contributed by atoms with Crippen LogP contribution in [0.1, 0.15) is 0 Å². The van der Waals surface area contributed by atoms with Crippen molar-refractivity contribution in [2.45, 2.75) is 0 Å². The number of hydrogen-bond donors (Lipinski definition) is 1. The molecular formula is C9H15NO4. The van der Waals surface area contributed by atoms with Gasteiger partial charge < -0.3 is 19.5 Å². The van der Waals surface area contributed by atoms with E-state index in [0.717, 1.165) is 0 Å². The molecule has 1 amide bonds. The van der Waals surface area contributed by atoms with Crippen molar-refractivity contribution in [3.63, 3.8) is 0 Å². The zero-order chi connectivity index (χ0) is 10.4. The van der Waals surface area contributed by atoms with Gasteiger partial charge in [0.1, 0.15) is 12.4 Å². The molecule has 14 heavy (non-hydrogen) atoms. The number of aliphatic hydroxyl groups excluding tert-OH is 1. The van der Waals surface area contributed by atoms with Crippen LogP contribution in [0.2, 0.25) is 0 Å².